The quantitative estimate of drug-likeness (QED) is 0.638. The minimum atomic E-state index is -0.473. The lowest BCUT2D eigenvalue weighted by Crippen LogP contribution is -2.14. The fourth-order valence-corrected chi connectivity index (χ4v) is 2.69. The molecule has 2 aromatic carbocycles. The van der Waals surface area contributed by atoms with Crippen LogP contribution in [0.4, 0.5) is 27.5 Å². The standard InChI is InChI=1S/C19H19ClFN5/c1-19(2,3)13-6-4-5-7-16(13)24-18-25-17(11-22-26-18)23-12-8-9-15(21)14(20)10-12/h4-11H,1-3H3,(H2,23,24,25,26). The first-order valence-electron chi connectivity index (χ1n) is 8.11. The third-order valence-corrected chi connectivity index (χ3v) is 4.02. The molecule has 26 heavy (non-hydrogen) atoms. The van der Waals surface area contributed by atoms with Gasteiger partial charge in [0.05, 0.1) is 11.2 Å². The molecule has 1 aromatic heterocycles. The molecule has 0 saturated carbocycles. The van der Waals surface area contributed by atoms with Crippen molar-refractivity contribution in [3.63, 3.8) is 0 Å². The Hall–Kier alpha value is -2.73. The van der Waals surface area contributed by atoms with Gasteiger partial charge in [-0.25, -0.2) is 4.39 Å². The summed E-state index contributed by atoms with van der Waals surface area (Å²) in [4.78, 5) is 4.41. The van der Waals surface area contributed by atoms with Crippen LogP contribution < -0.4 is 10.6 Å². The van der Waals surface area contributed by atoms with Gasteiger partial charge in [-0.2, -0.15) is 10.1 Å². The van der Waals surface area contributed by atoms with Crippen LogP contribution in [0.3, 0.4) is 0 Å². The minimum absolute atomic E-state index is 0.0300. The maximum Gasteiger partial charge on any atom is 0.249 e. The van der Waals surface area contributed by atoms with Gasteiger partial charge in [0.15, 0.2) is 5.82 Å². The first-order chi connectivity index (χ1) is 12.3. The zero-order valence-electron chi connectivity index (χ0n) is 14.7. The Labute approximate surface area is 156 Å². The summed E-state index contributed by atoms with van der Waals surface area (Å²) in [6.07, 6.45) is 1.48. The van der Waals surface area contributed by atoms with Gasteiger partial charge >= 0.3 is 0 Å². The van der Waals surface area contributed by atoms with Crippen molar-refractivity contribution >= 4 is 34.7 Å². The van der Waals surface area contributed by atoms with Gasteiger partial charge in [-0.3, -0.25) is 0 Å². The molecule has 0 spiro atoms. The summed E-state index contributed by atoms with van der Waals surface area (Å²) in [5.41, 5.74) is 2.64. The molecule has 0 unspecified atom stereocenters. The van der Waals surface area contributed by atoms with E-state index in [2.05, 4.69) is 52.7 Å². The molecule has 0 radical (unpaired) electrons. The number of para-hydroxylation sites is 1. The zero-order chi connectivity index (χ0) is 18.7. The molecule has 1 heterocycles. The highest BCUT2D eigenvalue weighted by Crippen LogP contribution is 2.30. The number of hydrogen-bond donors (Lipinski definition) is 2. The Morgan fingerprint density at radius 3 is 2.54 bits per heavy atom. The van der Waals surface area contributed by atoms with Gasteiger partial charge in [-0.15, -0.1) is 5.10 Å². The van der Waals surface area contributed by atoms with E-state index in [1.807, 2.05) is 18.2 Å². The number of nitrogens with one attached hydrogen (secondary N) is 2. The maximum atomic E-state index is 13.3. The van der Waals surface area contributed by atoms with Crippen molar-refractivity contribution in [1.29, 1.82) is 0 Å². The molecule has 0 saturated heterocycles. The number of nitrogens with zero attached hydrogens (tertiary/aromatic N) is 3. The van der Waals surface area contributed by atoms with E-state index in [-0.39, 0.29) is 10.4 Å². The first-order valence-corrected chi connectivity index (χ1v) is 8.49. The van der Waals surface area contributed by atoms with Crippen molar-refractivity contribution in [2.45, 2.75) is 26.2 Å². The van der Waals surface area contributed by atoms with E-state index in [1.54, 1.807) is 6.07 Å². The summed E-state index contributed by atoms with van der Waals surface area (Å²) < 4.78 is 13.3. The molecule has 3 aromatic rings. The van der Waals surface area contributed by atoms with E-state index in [0.29, 0.717) is 17.5 Å². The molecule has 0 amide bonds. The fourth-order valence-electron chi connectivity index (χ4n) is 2.51. The molecule has 0 aliphatic carbocycles. The van der Waals surface area contributed by atoms with E-state index in [4.69, 9.17) is 11.6 Å². The normalized spacial score (nSPS) is 11.3. The molecule has 5 nitrogen and oxygen atoms in total. The van der Waals surface area contributed by atoms with Gasteiger partial charge in [0, 0.05) is 11.4 Å². The van der Waals surface area contributed by atoms with Gasteiger partial charge < -0.3 is 10.6 Å². The SMILES string of the molecule is CC(C)(C)c1ccccc1Nc1nncc(Nc2ccc(F)c(Cl)c2)n1. The Balaban J connectivity index is 1.83. The van der Waals surface area contributed by atoms with E-state index in [1.165, 1.54) is 18.3 Å². The molecule has 134 valence electrons. The van der Waals surface area contributed by atoms with Crippen LogP contribution in [-0.2, 0) is 5.41 Å². The van der Waals surface area contributed by atoms with E-state index < -0.39 is 5.82 Å². The van der Waals surface area contributed by atoms with Crippen molar-refractivity contribution in [2.24, 2.45) is 0 Å². The Morgan fingerprint density at radius 2 is 1.81 bits per heavy atom. The Kier molecular flexibility index (Phi) is 5.04. The highest BCUT2D eigenvalue weighted by molar-refractivity contribution is 6.31. The summed E-state index contributed by atoms with van der Waals surface area (Å²) in [5.74, 6) is 0.359. The lowest BCUT2D eigenvalue weighted by Gasteiger charge is -2.22. The van der Waals surface area contributed by atoms with Crippen LogP contribution >= 0.6 is 11.6 Å². The molecule has 0 aliphatic rings. The lowest BCUT2D eigenvalue weighted by atomic mass is 9.86. The summed E-state index contributed by atoms with van der Waals surface area (Å²) in [6, 6.07) is 12.3. The van der Waals surface area contributed by atoms with Crippen LogP contribution in [-0.4, -0.2) is 15.2 Å². The van der Waals surface area contributed by atoms with Gasteiger partial charge in [-0.1, -0.05) is 50.6 Å². The molecule has 0 bridgehead atoms. The van der Waals surface area contributed by atoms with Crippen molar-refractivity contribution in [2.75, 3.05) is 10.6 Å². The van der Waals surface area contributed by atoms with Crippen LogP contribution in [0.25, 0.3) is 0 Å². The van der Waals surface area contributed by atoms with E-state index in [0.717, 1.165) is 11.3 Å². The second kappa shape index (κ2) is 7.25. The Bertz CT molecular complexity index is 924. The van der Waals surface area contributed by atoms with Gasteiger partial charge in [0.2, 0.25) is 5.95 Å². The third-order valence-electron chi connectivity index (χ3n) is 3.73. The van der Waals surface area contributed by atoms with Crippen LogP contribution in [0.1, 0.15) is 26.3 Å². The lowest BCUT2D eigenvalue weighted by molar-refractivity contribution is 0.592. The average Bonchev–Trinajstić information content (AvgIpc) is 2.58. The molecule has 0 aliphatic heterocycles. The van der Waals surface area contributed by atoms with Gasteiger partial charge in [0.1, 0.15) is 5.82 Å². The maximum absolute atomic E-state index is 13.3. The highest BCUT2D eigenvalue weighted by atomic mass is 35.5. The van der Waals surface area contributed by atoms with Crippen molar-refractivity contribution in [1.82, 2.24) is 15.2 Å². The molecular formula is C19H19ClFN5. The summed E-state index contributed by atoms with van der Waals surface area (Å²) >= 11 is 5.80. The number of hydrogen-bond acceptors (Lipinski definition) is 5. The smallest absolute Gasteiger partial charge is 0.249 e. The highest BCUT2D eigenvalue weighted by Gasteiger charge is 2.18. The summed E-state index contributed by atoms with van der Waals surface area (Å²) in [5, 5.41) is 14.3. The predicted octanol–water partition coefficient (Wildman–Crippen LogP) is 5.45. The van der Waals surface area contributed by atoms with Crippen LogP contribution in [0.2, 0.25) is 5.02 Å². The second-order valence-corrected chi connectivity index (χ2v) is 7.25. The zero-order valence-corrected chi connectivity index (χ0v) is 15.5. The number of halogens is 2. The topological polar surface area (TPSA) is 62.7 Å². The predicted molar refractivity (Wildman–Crippen MR) is 103 cm³/mol. The van der Waals surface area contributed by atoms with Crippen LogP contribution in [0.15, 0.2) is 48.7 Å². The van der Waals surface area contributed by atoms with Gasteiger partial charge in [0.25, 0.3) is 0 Å². The number of rotatable bonds is 4. The number of anilines is 4. The monoisotopic (exact) mass is 371 g/mol. The first kappa shape index (κ1) is 18.1. The fraction of sp³-hybridized carbons (Fsp3) is 0.211. The van der Waals surface area contributed by atoms with Crippen molar-refractivity contribution in [3.05, 3.63) is 65.1 Å². The van der Waals surface area contributed by atoms with E-state index >= 15 is 0 Å². The number of benzene rings is 2. The molecular weight excluding hydrogens is 353 g/mol. The average molecular weight is 372 g/mol. The summed E-state index contributed by atoms with van der Waals surface area (Å²) in [7, 11) is 0. The van der Waals surface area contributed by atoms with E-state index in [9.17, 15) is 4.39 Å². The molecule has 3 rings (SSSR count). The minimum Gasteiger partial charge on any atom is -0.339 e. The second-order valence-electron chi connectivity index (χ2n) is 6.84. The molecule has 2 N–H and O–H groups in total. The molecule has 7 heteroatoms. The van der Waals surface area contributed by atoms with Crippen molar-refractivity contribution < 1.29 is 4.39 Å². The third kappa shape index (κ3) is 4.26. The van der Waals surface area contributed by atoms with Crippen LogP contribution in [0.5, 0.6) is 0 Å². The van der Waals surface area contributed by atoms with Crippen molar-refractivity contribution in [3.8, 4) is 0 Å². The largest absolute Gasteiger partial charge is 0.339 e. The Morgan fingerprint density at radius 1 is 1.04 bits per heavy atom. The number of aromatic nitrogens is 3. The van der Waals surface area contributed by atoms with Crippen LogP contribution in [0, 0.1) is 5.82 Å². The molecule has 0 atom stereocenters. The van der Waals surface area contributed by atoms with Gasteiger partial charge in [-0.05, 0) is 35.2 Å². The molecule has 0 fully saturated rings. The summed E-state index contributed by atoms with van der Waals surface area (Å²) in [6.45, 7) is 6.43.